The van der Waals surface area contributed by atoms with Crippen LogP contribution in [-0.2, 0) is 10.3 Å². The number of aromatic nitrogens is 1. The fourth-order valence-corrected chi connectivity index (χ4v) is 5.57. The lowest BCUT2D eigenvalue weighted by molar-refractivity contribution is -0.128. The molecule has 2 N–H and O–H groups in total. The van der Waals surface area contributed by atoms with Crippen LogP contribution in [-0.4, -0.2) is 34.9 Å². The van der Waals surface area contributed by atoms with Crippen molar-refractivity contribution >= 4 is 29.0 Å². The predicted molar refractivity (Wildman–Crippen MR) is 120 cm³/mol. The quantitative estimate of drug-likeness (QED) is 0.751. The smallest absolute Gasteiger partial charge is 0.321 e. The summed E-state index contributed by atoms with van der Waals surface area (Å²) < 4.78 is 0. The van der Waals surface area contributed by atoms with Gasteiger partial charge >= 0.3 is 6.03 Å². The first-order valence-corrected chi connectivity index (χ1v) is 11.7. The number of rotatable bonds is 4. The maximum Gasteiger partial charge on any atom is 0.321 e. The van der Waals surface area contributed by atoms with Gasteiger partial charge in [-0.25, -0.2) is 9.78 Å². The summed E-state index contributed by atoms with van der Waals surface area (Å²) >= 11 is 1.65. The Morgan fingerprint density at radius 2 is 1.90 bits per heavy atom. The first-order valence-electron chi connectivity index (χ1n) is 10.8. The van der Waals surface area contributed by atoms with Crippen molar-refractivity contribution in [1.29, 1.82) is 0 Å². The molecule has 0 spiro atoms. The van der Waals surface area contributed by atoms with Gasteiger partial charge in [0.1, 0.15) is 5.01 Å². The lowest BCUT2D eigenvalue weighted by Crippen LogP contribution is -2.49. The van der Waals surface area contributed by atoms with Crippen LogP contribution in [0.1, 0.15) is 54.8 Å². The molecule has 0 radical (unpaired) electrons. The van der Waals surface area contributed by atoms with Crippen molar-refractivity contribution in [3.05, 3.63) is 45.9 Å². The molecule has 2 aromatic rings. The highest BCUT2D eigenvalue weighted by Gasteiger charge is 2.41. The van der Waals surface area contributed by atoms with Gasteiger partial charge in [0.25, 0.3) is 0 Å². The number of carbonyl (C=O) groups is 2. The van der Waals surface area contributed by atoms with Crippen molar-refractivity contribution in [2.45, 2.75) is 57.9 Å². The van der Waals surface area contributed by atoms with Crippen molar-refractivity contribution in [2.75, 3.05) is 18.4 Å². The molecule has 0 atom stereocenters. The Kier molecular flexibility index (Phi) is 6.09. The second kappa shape index (κ2) is 8.76. The van der Waals surface area contributed by atoms with E-state index in [0.29, 0.717) is 25.9 Å². The molecule has 0 bridgehead atoms. The number of anilines is 1. The van der Waals surface area contributed by atoms with Crippen molar-refractivity contribution < 1.29 is 9.59 Å². The molecule has 2 heterocycles. The van der Waals surface area contributed by atoms with Crippen LogP contribution in [0, 0.1) is 19.8 Å². The van der Waals surface area contributed by atoms with Crippen LogP contribution in [0.4, 0.5) is 10.5 Å². The molecule has 1 aromatic heterocycles. The minimum atomic E-state index is -0.296. The third-order valence-electron chi connectivity index (χ3n) is 6.27. The number of likely N-dealkylation sites (tertiary alicyclic amines) is 1. The largest absolute Gasteiger partial charge is 0.344 e. The highest BCUT2D eigenvalue weighted by molar-refractivity contribution is 7.09. The summed E-state index contributed by atoms with van der Waals surface area (Å²) in [4.78, 5) is 32.2. The summed E-state index contributed by atoms with van der Waals surface area (Å²) in [5.41, 5.74) is 2.64. The Labute approximate surface area is 182 Å². The zero-order valence-electron chi connectivity index (χ0n) is 17.7. The molecular formula is C23H30N4O2S. The summed E-state index contributed by atoms with van der Waals surface area (Å²) in [6.07, 6.45) is 5.56. The van der Waals surface area contributed by atoms with Gasteiger partial charge < -0.3 is 15.5 Å². The monoisotopic (exact) mass is 426 g/mol. The number of urea groups is 1. The van der Waals surface area contributed by atoms with Gasteiger partial charge in [0.15, 0.2) is 0 Å². The van der Waals surface area contributed by atoms with Gasteiger partial charge in [0.05, 0.1) is 5.54 Å². The molecule has 2 aliphatic rings. The van der Waals surface area contributed by atoms with E-state index in [1.807, 2.05) is 43.0 Å². The Bertz CT molecular complexity index is 911. The Morgan fingerprint density at radius 3 is 2.53 bits per heavy atom. The Morgan fingerprint density at radius 1 is 1.17 bits per heavy atom. The number of aryl methyl sites for hydroxylation is 2. The molecule has 30 heavy (non-hydrogen) atoms. The summed E-state index contributed by atoms with van der Waals surface area (Å²) in [6.45, 7) is 5.20. The summed E-state index contributed by atoms with van der Waals surface area (Å²) in [5.74, 6) is 0.0649. The Balaban J connectivity index is 1.33. The molecule has 1 aliphatic carbocycles. The van der Waals surface area contributed by atoms with E-state index in [-0.39, 0.29) is 23.4 Å². The lowest BCUT2D eigenvalue weighted by Gasteiger charge is -2.34. The maximum absolute atomic E-state index is 13.1. The fourth-order valence-electron chi connectivity index (χ4n) is 4.55. The molecule has 4 rings (SSSR count). The highest BCUT2D eigenvalue weighted by Crippen LogP contribution is 2.40. The molecule has 0 unspecified atom stereocenters. The number of benzene rings is 1. The molecule has 1 aromatic carbocycles. The van der Waals surface area contributed by atoms with Crippen LogP contribution in [0.5, 0.6) is 0 Å². The fraction of sp³-hybridized carbons (Fsp3) is 0.522. The van der Waals surface area contributed by atoms with Gasteiger partial charge in [-0.15, -0.1) is 11.3 Å². The van der Waals surface area contributed by atoms with E-state index < -0.39 is 0 Å². The van der Waals surface area contributed by atoms with Crippen LogP contribution in [0.25, 0.3) is 0 Å². The number of amides is 3. The molecule has 3 amide bonds. The van der Waals surface area contributed by atoms with E-state index >= 15 is 0 Å². The first-order chi connectivity index (χ1) is 14.4. The first kappa shape index (κ1) is 20.8. The molecule has 1 saturated carbocycles. The zero-order chi connectivity index (χ0) is 21.1. The average Bonchev–Trinajstić information content (AvgIpc) is 3.38. The molecular weight excluding hydrogens is 396 g/mol. The number of hydrogen-bond donors (Lipinski definition) is 2. The number of thiazole rings is 1. The highest BCUT2D eigenvalue weighted by atomic mass is 32.1. The van der Waals surface area contributed by atoms with Crippen LogP contribution in [0.3, 0.4) is 0 Å². The van der Waals surface area contributed by atoms with Gasteiger partial charge in [-0.1, -0.05) is 25.0 Å². The average molecular weight is 427 g/mol. The molecule has 160 valence electrons. The van der Waals surface area contributed by atoms with Crippen LogP contribution in [0.2, 0.25) is 0 Å². The second-order valence-electron chi connectivity index (χ2n) is 8.63. The summed E-state index contributed by atoms with van der Waals surface area (Å²) in [7, 11) is 0. The van der Waals surface area contributed by atoms with Crippen molar-refractivity contribution in [3.8, 4) is 0 Å². The van der Waals surface area contributed by atoms with Crippen LogP contribution in [0.15, 0.2) is 29.6 Å². The van der Waals surface area contributed by atoms with Crippen molar-refractivity contribution in [3.63, 3.8) is 0 Å². The molecule has 2 fully saturated rings. The predicted octanol–water partition coefficient (Wildman–Crippen LogP) is 4.59. The van der Waals surface area contributed by atoms with Gasteiger partial charge in [-0.2, -0.15) is 0 Å². The van der Waals surface area contributed by atoms with Crippen molar-refractivity contribution in [1.82, 2.24) is 15.2 Å². The summed E-state index contributed by atoms with van der Waals surface area (Å²) in [6, 6.07) is 7.70. The van der Waals surface area contributed by atoms with Crippen LogP contribution >= 0.6 is 11.3 Å². The molecule has 1 aliphatic heterocycles. The maximum atomic E-state index is 13.1. The van der Waals surface area contributed by atoms with Gasteiger partial charge in [0, 0.05) is 35.8 Å². The summed E-state index contributed by atoms with van der Waals surface area (Å²) in [5, 5.41) is 9.44. The third kappa shape index (κ3) is 4.51. The number of nitrogens with one attached hydrogen (secondary N) is 2. The normalized spacial score (nSPS) is 18.9. The van der Waals surface area contributed by atoms with Gasteiger partial charge in [0.2, 0.25) is 5.91 Å². The van der Waals surface area contributed by atoms with E-state index in [4.69, 9.17) is 0 Å². The van der Waals surface area contributed by atoms with E-state index in [1.54, 1.807) is 11.3 Å². The minimum Gasteiger partial charge on any atom is -0.344 e. The van der Waals surface area contributed by atoms with Gasteiger partial charge in [-0.3, -0.25) is 4.79 Å². The number of nitrogens with zero attached hydrogens (tertiary/aromatic N) is 2. The molecule has 6 nitrogen and oxygen atoms in total. The third-order valence-corrected chi connectivity index (χ3v) is 7.43. The van der Waals surface area contributed by atoms with Crippen molar-refractivity contribution in [2.24, 2.45) is 5.92 Å². The number of piperidine rings is 1. The Hall–Kier alpha value is -2.41. The minimum absolute atomic E-state index is 0.0495. The zero-order valence-corrected chi connectivity index (χ0v) is 18.6. The topological polar surface area (TPSA) is 74.3 Å². The standard InChI is InChI=1S/C23H30N4O2S/c1-16-6-5-7-19(14-16)25-22(29)27-12-8-18(9-13-27)20(28)26-23(10-3-4-11-23)21-24-17(2)15-30-21/h5-7,14-15,18H,3-4,8-13H2,1-2H3,(H,25,29)(H,26,28). The lowest BCUT2D eigenvalue weighted by atomic mass is 9.92. The SMILES string of the molecule is Cc1cccc(NC(=O)N2CCC(C(=O)NC3(c4nc(C)cs4)CCCC3)CC2)c1. The number of hydrogen-bond acceptors (Lipinski definition) is 4. The van der Waals surface area contributed by atoms with E-state index in [2.05, 4.69) is 21.0 Å². The molecule has 7 heteroatoms. The van der Waals surface area contributed by atoms with Gasteiger partial charge in [-0.05, 0) is 57.2 Å². The second-order valence-corrected chi connectivity index (χ2v) is 9.49. The number of carbonyl (C=O) groups excluding carboxylic acids is 2. The molecule has 1 saturated heterocycles. The van der Waals surface area contributed by atoms with E-state index in [1.165, 1.54) is 0 Å². The van der Waals surface area contributed by atoms with Crippen LogP contribution < -0.4 is 10.6 Å². The van der Waals surface area contributed by atoms with E-state index in [9.17, 15) is 9.59 Å². The van der Waals surface area contributed by atoms with E-state index in [0.717, 1.165) is 47.6 Å².